The van der Waals surface area contributed by atoms with Gasteiger partial charge in [0.1, 0.15) is 11.4 Å². The molecule has 1 aliphatic heterocycles. The second-order valence-corrected chi connectivity index (χ2v) is 6.42. The van der Waals surface area contributed by atoms with Gasteiger partial charge in [0.25, 0.3) is 11.5 Å². The van der Waals surface area contributed by atoms with Crippen molar-refractivity contribution in [1.82, 2.24) is 29.6 Å². The van der Waals surface area contributed by atoms with Gasteiger partial charge in [-0.1, -0.05) is 30.3 Å². The van der Waals surface area contributed by atoms with Crippen molar-refractivity contribution in [2.24, 2.45) is 0 Å². The van der Waals surface area contributed by atoms with E-state index in [9.17, 15) is 9.59 Å². The Balaban J connectivity index is 1.66. The number of aromatic amines is 1. The molecule has 3 aromatic rings. The maximum Gasteiger partial charge on any atom is 0.263 e. The van der Waals surface area contributed by atoms with E-state index in [-0.39, 0.29) is 17.5 Å². The number of aryl methyl sites for hydroxylation is 1. The van der Waals surface area contributed by atoms with E-state index in [2.05, 4.69) is 24.7 Å². The molecule has 0 radical (unpaired) electrons. The Morgan fingerprint density at radius 1 is 1.23 bits per heavy atom. The molecule has 26 heavy (non-hydrogen) atoms. The third-order valence-corrected chi connectivity index (χ3v) is 4.50. The van der Waals surface area contributed by atoms with Crippen LogP contribution in [-0.4, -0.2) is 42.1 Å². The van der Waals surface area contributed by atoms with Gasteiger partial charge in [-0.25, -0.2) is 4.98 Å². The minimum atomic E-state index is -0.424. The van der Waals surface area contributed by atoms with Gasteiger partial charge >= 0.3 is 0 Å². The van der Waals surface area contributed by atoms with Crippen molar-refractivity contribution in [1.29, 1.82) is 0 Å². The van der Waals surface area contributed by atoms with Crippen LogP contribution in [0.4, 0.5) is 0 Å². The first-order valence-corrected chi connectivity index (χ1v) is 8.39. The molecular formula is C18H18N6O2. The maximum atomic E-state index is 12.8. The quantitative estimate of drug-likeness (QED) is 0.756. The summed E-state index contributed by atoms with van der Waals surface area (Å²) in [5.74, 6) is 1.62. The second kappa shape index (κ2) is 6.21. The van der Waals surface area contributed by atoms with Crippen molar-refractivity contribution in [3.63, 3.8) is 0 Å². The van der Waals surface area contributed by atoms with Crippen LogP contribution in [0.15, 0.2) is 41.3 Å². The first kappa shape index (κ1) is 16.2. The number of H-pyrrole nitrogens is 1. The number of amides is 1. The van der Waals surface area contributed by atoms with Crippen LogP contribution in [0, 0.1) is 6.92 Å². The number of rotatable bonds is 2. The van der Waals surface area contributed by atoms with E-state index in [0.29, 0.717) is 24.7 Å². The highest BCUT2D eigenvalue weighted by Gasteiger charge is 2.31. The summed E-state index contributed by atoms with van der Waals surface area (Å²) in [7, 11) is 0. The minimum absolute atomic E-state index is 0.00889. The van der Waals surface area contributed by atoms with Crippen molar-refractivity contribution in [3.8, 4) is 11.4 Å². The summed E-state index contributed by atoms with van der Waals surface area (Å²) in [5.41, 5.74) is 0.600. The third kappa shape index (κ3) is 2.69. The predicted octanol–water partition coefficient (Wildman–Crippen LogP) is 1.55. The number of hydrogen-bond donors (Lipinski definition) is 1. The molecule has 8 heteroatoms. The molecule has 0 saturated heterocycles. The lowest BCUT2D eigenvalue weighted by molar-refractivity contribution is 0.0679. The van der Waals surface area contributed by atoms with E-state index >= 15 is 0 Å². The zero-order valence-electron chi connectivity index (χ0n) is 14.5. The number of nitrogens with one attached hydrogen (secondary N) is 1. The number of aromatic nitrogens is 5. The van der Waals surface area contributed by atoms with Crippen LogP contribution in [0.1, 0.15) is 35.0 Å². The first-order valence-electron chi connectivity index (χ1n) is 8.39. The van der Waals surface area contributed by atoms with Crippen LogP contribution in [0.5, 0.6) is 0 Å². The molecule has 132 valence electrons. The number of hydrogen-bond acceptors (Lipinski definition) is 5. The van der Waals surface area contributed by atoms with Crippen molar-refractivity contribution in [2.75, 3.05) is 6.54 Å². The van der Waals surface area contributed by atoms with E-state index < -0.39 is 5.56 Å². The molecule has 0 spiro atoms. The Morgan fingerprint density at radius 3 is 2.73 bits per heavy atom. The largest absolute Gasteiger partial charge is 0.329 e. The van der Waals surface area contributed by atoms with Crippen molar-refractivity contribution < 1.29 is 4.79 Å². The summed E-state index contributed by atoms with van der Waals surface area (Å²) in [5, 5.41) is 8.57. The molecule has 1 atom stereocenters. The zero-order valence-corrected chi connectivity index (χ0v) is 14.5. The van der Waals surface area contributed by atoms with E-state index in [0.717, 1.165) is 11.4 Å². The summed E-state index contributed by atoms with van der Waals surface area (Å²) in [4.78, 5) is 33.0. The molecule has 1 amide bonds. The topological polar surface area (TPSA) is 96.8 Å². The maximum absolute atomic E-state index is 12.8. The minimum Gasteiger partial charge on any atom is -0.329 e. The van der Waals surface area contributed by atoms with Crippen molar-refractivity contribution >= 4 is 5.91 Å². The molecule has 1 N–H and O–H groups in total. The molecule has 0 aliphatic carbocycles. The number of nitrogens with zero attached hydrogens (tertiary/aromatic N) is 5. The predicted molar refractivity (Wildman–Crippen MR) is 94.5 cm³/mol. The summed E-state index contributed by atoms with van der Waals surface area (Å²) >= 11 is 0. The molecule has 4 rings (SSSR count). The van der Waals surface area contributed by atoms with Gasteiger partial charge in [0.05, 0.1) is 12.6 Å². The highest BCUT2D eigenvalue weighted by atomic mass is 16.2. The molecule has 0 saturated carbocycles. The first-order chi connectivity index (χ1) is 12.5. The van der Waals surface area contributed by atoms with Gasteiger partial charge in [-0.3, -0.25) is 9.59 Å². The van der Waals surface area contributed by atoms with Crippen LogP contribution < -0.4 is 5.56 Å². The Hall–Kier alpha value is -3.29. The van der Waals surface area contributed by atoms with Crippen LogP contribution in [0.25, 0.3) is 11.4 Å². The highest BCUT2D eigenvalue weighted by Crippen LogP contribution is 2.27. The zero-order chi connectivity index (χ0) is 18.3. The Kier molecular flexibility index (Phi) is 3.87. The van der Waals surface area contributed by atoms with Crippen LogP contribution in [0.2, 0.25) is 0 Å². The van der Waals surface area contributed by atoms with E-state index in [1.54, 1.807) is 11.8 Å². The van der Waals surface area contributed by atoms with Crippen LogP contribution >= 0.6 is 0 Å². The van der Waals surface area contributed by atoms with E-state index in [1.807, 2.05) is 37.3 Å². The lowest BCUT2D eigenvalue weighted by Crippen LogP contribution is -2.42. The average Bonchev–Trinajstić information content (AvgIpc) is 3.06. The van der Waals surface area contributed by atoms with Gasteiger partial charge in [0.2, 0.25) is 0 Å². The SMILES string of the molecule is Cc1ncc(C(=O)N2Cc3nnc(-c4ccccc4)n3[C@@H](C)C2)c(=O)[nH]1. The molecular weight excluding hydrogens is 332 g/mol. The lowest BCUT2D eigenvalue weighted by Gasteiger charge is -2.32. The normalized spacial score (nSPS) is 16.4. The molecule has 8 nitrogen and oxygen atoms in total. The summed E-state index contributed by atoms with van der Waals surface area (Å²) in [6, 6.07) is 9.82. The van der Waals surface area contributed by atoms with Gasteiger partial charge in [-0.05, 0) is 13.8 Å². The lowest BCUT2D eigenvalue weighted by atomic mass is 10.1. The van der Waals surface area contributed by atoms with Gasteiger partial charge in [0.15, 0.2) is 11.6 Å². The fourth-order valence-corrected chi connectivity index (χ4v) is 3.28. The molecule has 1 aliphatic rings. The summed E-state index contributed by atoms with van der Waals surface area (Å²) in [6.45, 7) is 4.45. The molecule has 3 heterocycles. The number of benzene rings is 1. The monoisotopic (exact) mass is 350 g/mol. The Labute approximate surface area is 149 Å². The van der Waals surface area contributed by atoms with E-state index in [1.165, 1.54) is 6.20 Å². The van der Waals surface area contributed by atoms with E-state index in [4.69, 9.17) is 0 Å². The summed E-state index contributed by atoms with van der Waals surface area (Å²) < 4.78 is 2.05. The smallest absolute Gasteiger partial charge is 0.263 e. The molecule has 1 aromatic carbocycles. The van der Waals surface area contributed by atoms with Gasteiger partial charge < -0.3 is 14.5 Å². The van der Waals surface area contributed by atoms with Gasteiger partial charge in [-0.15, -0.1) is 10.2 Å². The third-order valence-electron chi connectivity index (χ3n) is 4.50. The number of carbonyl (C=O) groups is 1. The molecule has 0 unspecified atom stereocenters. The van der Waals surface area contributed by atoms with Gasteiger partial charge in [-0.2, -0.15) is 0 Å². The molecule has 2 aromatic heterocycles. The average molecular weight is 350 g/mol. The van der Waals surface area contributed by atoms with Crippen LogP contribution in [-0.2, 0) is 6.54 Å². The van der Waals surface area contributed by atoms with Gasteiger partial charge in [0, 0.05) is 18.3 Å². The second-order valence-electron chi connectivity index (χ2n) is 6.42. The Morgan fingerprint density at radius 2 is 2.00 bits per heavy atom. The van der Waals surface area contributed by atoms with Crippen LogP contribution in [0.3, 0.4) is 0 Å². The fraction of sp³-hybridized carbons (Fsp3) is 0.278. The molecule has 0 fully saturated rings. The standard InChI is InChI=1S/C18H18N6O2/c1-11-9-23(18(26)14-8-19-12(2)20-17(14)25)10-15-21-22-16(24(11)15)13-6-4-3-5-7-13/h3-8,11H,9-10H2,1-2H3,(H,19,20,25)/t11-/m0/s1. The Bertz CT molecular complexity index is 1020. The number of carbonyl (C=O) groups excluding carboxylic acids is 1. The number of fused-ring (bicyclic) bond motifs is 1. The fourth-order valence-electron chi connectivity index (χ4n) is 3.28. The van der Waals surface area contributed by atoms with Crippen molar-refractivity contribution in [3.05, 3.63) is 64.1 Å². The molecule has 0 bridgehead atoms. The highest BCUT2D eigenvalue weighted by molar-refractivity contribution is 5.93. The van der Waals surface area contributed by atoms with Crippen molar-refractivity contribution in [2.45, 2.75) is 26.4 Å². The summed E-state index contributed by atoms with van der Waals surface area (Å²) in [6.07, 6.45) is 1.33.